The van der Waals surface area contributed by atoms with Gasteiger partial charge in [-0.1, -0.05) is 6.42 Å². The molecule has 0 saturated heterocycles. The molecular weight excluding hydrogens is 266 g/mol. The zero-order valence-electron chi connectivity index (χ0n) is 13.1. The Morgan fingerprint density at radius 3 is 2.81 bits per heavy atom. The van der Waals surface area contributed by atoms with E-state index in [1.165, 1.54) is 25.7 Å². The third-order valence-corrected chi connectivity index (χ3v) is 5.41. The maximum atomic E-state index is 11.9. The summed E-state index contributed by atoms with van der Waals surface area (Å²) < 4.78 is 7.08. The number of hydrogen-bond acceptors (Lipinski definition) is 4. The number of carbonyl (C=O) groups is 1. The van der Waals surface area contributed by atoms with Crippen LogP contribution in [0.2, 0.25) is 0 Å². The highest BCUT2D eigenvalue weighted by Crippen LogP contribution is 2.52. The summed E-state index contributed by atoms with van der Waals surface area (Å²) in [6.45, 7) is 6.26. The van der Waals surface area contributed by atoms with Gasteiger partial charge >= 0.3 is 5.97 Å². The van der Waals surface area contributed by atoms with Crippen LogP contribution in [0.15, 0.2) is 0 Å². The second kappa shape index (κ2) is 5.35. The summed E-state index contributed by atoms with van der Waals surface area (Å²) >= 11 is 0. The van der Waals surface area contributed by atoms with E-state index < -0.39 is 5.97 Å². The van der Waals surface area contributed by atoms with E-state index in [0.29, 0.717) is 24.4 Å². The standard InChI is InChI=1S/C16H25N3O2/c1-4-21-16(20)14-15(17)19(10(3)18-14)9(2)13-8-11-5-6-12(13)7-11/h9,11-13H,4-8,17H2,1-3H3. The summed E-state index contributed by atoms with van der Waals surface area (Å²) in [6.07, 6.45) is 5.39. The molecule has 0 radical (unpaired) electrons. The number of nitrogen functional groups attached to an aromatic ring is 1. The average molecular weight is 291 g/mol. The molecule has 2 aliphatic rings. The zero-order chi connectivity index (χ0) is 15.1. The number of esters is 1. The fourth-order valence-electron chi connectivity index (χ4n) is 4.50. The molecule has 1 aromatic heterocycles. The summed E-state index contributed by atoms with van der Waals surface area (Å²) in [6, 6.07) is 0.302. The van der Waals surface area contributed by atoms with Gasteiger partial charge in [-0.15, -0.1) is 0 Å². The van der Waals surface area contributed by atoms with Crippen LogP contribution in [-0.4, -0.2) is 22.1 Å². The minimum Gasteiger partial charge on any atom is -0.461 e. The highest BCUT2D eigenvalue weighted by molar-refractivity contribution is 5.92. The minimum absolute atomic E-state index is 0.268. The van der Waals surface area contributed by atoms with Gasteiger partial charge in [0, 0.05) is 6.04 Å². The topological polar surface area (TPSA) is 70.1 Å². The molecule has 21 heavy (non-hydrogen) atoms. The van der Waals surface area contributed by atoms with Crippen molar-refractivity contribution in [3.05, 3.63) is 11.5 Å². The molecule has 2 aliphatic carbocycles. The quantitative estimate of drug-likeness (QED) is 0.866. The van der Waals surface area contributed by atoms with Crippen LogP contribution in [-0.2, 0) is 4.74 Å². The molecule has 1 heterocycles. The fraction of sp³-hybridized carbons (Fsp3) is 0.750. The number of carbonyl (C=O) groups excluding carboxylic acids is 1. The van der Waals surface area contributed by atoms with Crippen LogP contribution in [0.25, 0.3) is 0 Å². The van der Waals surface area contributed by atoms with Crippen LogP contribution in [0.4, 0.5) is 5.82 Å². The summed E-state index contributed by atoms with van der Waals surface area (Å²) in [7, 11) is 0. The van der Waals surface area contributed by atoms with Crippen molar-refractivity contribution in [2.24, 2.45) is 17.8 Å². The zero-order valence-corrected chi connectivity index (χ0v) is 13.1. The van der Waals surface area contributed by atoms with Gasteiger partial charge in [0.15, 0.2) is 5.69 Å². The van der Waals surface area contributed by atoms with Crippen molar-refractivity contribution in [3.63, 3.8) is 0 Å². The van der Waals surface area contributed by atoms with Gasteiger partial charge in [-0.3, -0.25) is 0 Å². The Bertz CT molecular complexity index is 552. The van der Waals surface area contributed by atoms with E-state index in [1.54, 1.807) is 6.92 Å². The molecule has 0 aromatic carbocycles. The molecule has 4 atom stereocenters. The van der Waals surface area contributed by atoms with Gasteiger partial charge in [0.05, 0.1) is 6.61 Å². The number of fused-ring (bicyclic) bond motifs is 2. The first-order valence-corrected chi connectivity index (χ1v) is 8.04. The van der Waals surface area contributed by atoms with Crippen LogP contribution in [0.3, 0.4) is 0 Å². The van der Waals surface area contributed by atoms with Gasteiger partial charge in [-0.05, 0) is 57.8 Å². The highest BCUT2D eigenvalue weighted by Gasteiger charge is 2.43. The van der Waals surface area contributed by atoms with Crippen LogP contribution >= 0.6 is 0 Å². The van der Waals surface area contributed by atoms with Crippen LogP contribution in [0.5, 0.6) is 0 Å². The van der Waals surface area contributed by atoms with Crippen LogP contribution < -0.4 is 5.73 Å². The predicted octanol–water partition coefficient (Wildman–Crippen LogP) is 2.95. The van der Waals surface area contributed by atoms with Crippen molar-refractivity contribution in [2.75, 3.05) is 12.3 Å². The molecule has 3 rings (SSSR count). The third kappa shape index (κ3) is 2.32. The van der Waals surface area contributed by atoms with Gasteiger partial charge in [-0.25, -0.2) is 9.78 Å². The summed E-state index contributed by atoms with van der Waals surface area (Å²) in [5, 5.41) is 0. The van der Waals surface area contributed by atoms with Gasteiger partial charge in [0.1, 0.15) is 11.6 Å². The highest BCUT2D eigenvalue weighted by atomic mass is 16.5. The van der Waals surface area contributed by atoms with E-state index in [4.69, 9.17) is 10.5 Å². The van der Waals surface area contributed by atoms with E-state index in [-0.39, 0.29) is 5.69 Å². The van der Waals surface area contributed by atoms with Crippen molar-refractivity contribution in [1.82, 2.24) is 9.55 Å². The Morgan fingerprint density at radius 2 is 2.24 bits per heavy atom. The number of rotatable bonds is 4. The Kier molecular flexibility index (Phi) is 3.68. The molecule has 5 nitrogen and oxygen atoms in total. The molecule has 2 N–H and O–H groups in total. The van der Waals surface area contributed by atoms with Crippen molar-refractivity contribution in [3.8, 4) is 0 Å². The van der Waals surface area contributed by atoms with Crippen molar-refractivity contribution >= 4 is 11.8 Å². The lowest BCUT2D eigenvalue weighted by Gasteiger charge is -2.30. The smallest absolute Gasteiger partial charge is 0.360 e. The lowest BCUT2D eigenvalue weighted by Crippen LogP contribution is -2.24. The van der Waals surface area contributed by atoms with E-state index in [1.807, 2.05) is 11.5 Å². The number of aryl methyl sites for hydroxylation is 1. The molecule has 0 amide bonds. The number of aromatic nitrogens is 2. The van der Waals surface area contributed by atoms with E-state index in [9.17, 15) is 4.79 Å². The fourth-order valence-corrected chi connectivity index (χ4v) is 4.50. The van der Waals surface area contributed by atoms with Gasteiger partial charge < -0.3 is 15.0 Å². The third-order valence-electron chi connectivity index (χ3n) is 5.41. The van der Waals surface area contributed by atoms with E-state index in [2.05, 4.69) is 11.9 Å². The summed E-state index contributed by atoms with van der Waals surface area (Å²) in [4.78, 5) is 16.3. The molecular formula is C16H25N3O2. The Morgan fingerprint density at radius 1 is 1.48 bits per heavy atom. The number of imidazole rings is 1. The Balaban J connectivity index is 1.86. The predicted molar refractivity (Wildman–Crippen MR) is 81.0 cm³/mol. The number of nitrogens with zero attached hydrogens (tertiary/aromatic N) is 2. The van der Waals surface area contributed by atoms with Crippen LogP contribution in [0, 0.1) is 24.7 Å². The SMILES string of the molecule is CCOC(=O)c1nc(C)n(C(C)C2CC3CCC2C3)c1N. The Labute approximate surface area is 125 Å². The van der Waals surface area contributed by atoms with Crippen molar-refractivity contribution < 1.29 is 9.53 Å². The largest absolute Gasteiger partial charge is 0.461 e. The van der Waals surface area contributed by atoms with Crippen molar-refractivity contribution in [2.45, 2.75) is 52.5 Å². The molecule has 2 saturated carbocycles. The van der Waals surface area contributed by atoms with Gasteiger partial charge in [-0.2, -0.15) is 0 Å². The first kappa shape index (κ1) is 14.4. The first-order chi connectivity index (χ1) is 10.0. The monoisotopic (exact) mass is 291 g/mol. The molecule has 2 fully saturated rings. The molecule has 5 heteroatoms. The molecule has 0 spiro atoms. The minimum atomic E-state index is -0.419. The number of anilines is 1. The van der Waals surface area contributed by atoms with Gasteiger partial charge in [0.2, 0.25) is 0 Å². The molecule has 0 aliphatic heterocycles. The first-order valence-electron chi connectivity index (χ1n) is 8.04. The lowest BCUT2D eigenvalue weighted by atomic mass is 9.84. The van der Waals surface area contributed by atoms with E-state index in [0.717, 1.165) is 17.7 Å². The van der Waals surface area contributed by atoms with E-state index >= 15 is 0 Å². The van der Waals surface area contributed by atoms with Gasteiger partial charge in [0.25, 0.3) is 0 Å². The second-order valence-electron chi connectivity index (χ2n) is 6.56. The van der Waals surface area contributed by atoms with Crippen LogP contribution in [0.1, 0.15) is 61.9 Å². The number of hydrogen-bond donors (Lipinski definition) is 1. The van der Waals surface area contributed by atoms with Crippen molar-refractivity contribution in [1.29, 1.82) is 0 Å². The summed E-state index contributed by atoms with van der Waals surface area (Å²) in [5.41, 5.74) is 6.47. The maximum Gasteiger partial charge on any atom is 0.360 e. The molecule has 2 bridgehead atoms. The normalized spacial score (nSPS) is 28.8. The molecule has 116 valence electrons. The number of nitrogens with two attached hydrogens (primary N) is 1. The second-order valence-corrected chi connectivity index (χ2v) is 6.56. The molecule has 1 aromatic rings. The summed E-state index contributed by atoms with van der Waals surface area (Å²) in [5.74, 6) is 3.23. The number of ether oxygens (including phenoxy) is 1. The lowest BCUT2D eigenvalue weighted by molar-refractivity contribution is 0.0521. The molecule has 4 unspecified atom stereocenters. The average Bonchev–Trinajstić information content (AvgIpc) is 3.13. The Hall–Kier alpha value is -1.52. The maximum absolute atomic E-state index is 11.9.